The summed E-state index contributed by atoms with van der Waals surface area (Å²) in [4.78, 5) is 30.6. The van der Waals surface area contributed by atoms with Gasteiger partial charge in [0.25, 0.3) is 11.5 Å². The minimum Gasteiger partial charge on any atom is -0.396 e. The lowest BCUT2D eigenvalue weighted by molar-refractivity contribution is 0.0752. The lowest BCUT2D eigenvalue weighted by Crippen LogP contribution is -2.36. The maximum absolute atomic E-state index is 12.3. The number of hydrogen-bond donors (Lipinski definition) is 1. The third-order valence-corrected chi connectivity index (χ3v) is 3.60. The van der Waals surface area contributed by atoms with E-state index < -0.39 is 0 Å². The monoisotopic (exact) mass is 281 g/mol. The zero-order valence-corrected chi connectivity index (χ0v) is 11.4. The van der Waals surface area contributed by atoms with Gasteiger partial charge >= 0.3 is 0 Å². The number of thiazole rings is 1. The van der Waals surface area contributed by atoms with Crippen LogP contribution in [0.4, 0.5) is 0 Å². The summed E-state index contributed by atoms with van der Waals surface area (Å²) in [5.74, 6) is -0.339. The third kappa shape index (κ3) is 2.66. The van der Waals surface area contributed by atoms with Crippen LogP contribution in [0.2, 0.25) is 0 Å². The second-order valence-corrected chi connectivity index (χ2v) is 4.87. The summed E-state index contributed by atoms with van der Waals surface area (Å²) < 4.78 is 1.37. The average molecular weight is 281 g/mol. The molecule has 0 aliphatic heterocycles. The first-order valence-corrected chi connectivity index (χ1v) is 6.92. The van der Waals surface area contributed by atoms with Gasteiger partial charge in [0.15, 0.2) is 4.96 Å². The molecular weight excluding hydrogens is 266 g/mol. The van der Waals surface area contributed by atoms with E-state index in [1.165, 1.54) is 26.8 Å². The first-order chi connectivity index (χ1) is 9.19. The number of hydrogen-bond acceptors (Lipinski definition) is 5. The van der Waals surface area contributed by atoms with Crippen LogP contribution in [0.5, 0.6) is 0 Å². The van der Waals surface area contributed by atoms with E-state index in [1.807, 2.05) is 6.92 Å². The van der Waals surface area contributed by atoms with E-state index >= 15 is 0 Å². The number of aromatic nitrogens is 2. The summed E-state index contributed by atoms with van der Waals surface area (Å²) >= 11 is 1.34. The van der Waals surface area contributed by atoms with Gasteiger partial charge in [0.05, 0.1) is 0 Å². The summed E-state index contributed by atoms with van der Waals surface area (Å²) in [5.41, 5.74) is -0.283. The molecule has 6 nitrogen and oxygen atoms in total. The minimum absolute atomic E-state index is 0.0184. The van der Waals surface area contributed by atoms with Gasteiger partial charge in [0.2, 0.25) is 0 Å². The fourth-order valence-electron chi connectivity index (χ4n) is 1.81. The van der Waals surface area contributed by atoms with Crippen molar-refractivity contribution in [3.05, 3.63) is 33.7 Å². The van der Waals surface area contributed by atoms with Crippen molar-refractivity contribution in [1.82, 2.24) is 14.3 Å². The van der Waals surface area contributed by atoms with Gasteiger partial charge in [0.1, 0.15) is 5.56 Å². The SMILES string of the molecule is CCN(CCCO)C(=O)c1cnc2sccn2c1=O. The summed E-state index contributed by atoms with van der Waals surface area (Å²) in [6.45, 7) is 2.77. The van der Waals surface area contributed by atoms with Crippen molar-refractivity contribution in [3.63, 3.8) is 0 Å². The lowest BCUT2D eigenvalue weighted by atomic mass is 10.2. The van der Waals surface area contributed by atoms with E-state index in [4.69, 9.17) is 5.11 Å². The molecule has 0 aromatic carbocycles. The van der Waals surface area contributed by atoms with Crippen LogP contribution in [0.3, 0.4) is 0 Å². The maximum atomic E-state index is 12.3. The molecule has 1 amide bonds. The number of rotatable bonds is 5. The second kappa shape index (κ2) is 5.94. The van der Waals surface area contributed by atoms with E-state index in [-0.39, 0.29) is 23.6 Å². The van der Waals surface area contributed by atoms with Gasteiger partial charge < -0.3 is 10.0 Å². The van der Waals surface area contributed by atoms with Gasteiger partial charge in [-0.2, -0.15) is 0 Å². The van der Waals surface area contributed by atoms with Gasteiger partial charge in [-0.1, -0.05) is 0 Å². The van der Waals surface area contributed by atoms with E-state index in [0.717, 1.165) is 0 Å². The van der Waals surface area contributed by atoms with Crippen molar-refractivity contribution in [1.29, 1.82) is 0 Å². The van der Waals surface area contributed by atoms with Crippen LogP contribution in [0.25, 0.3) is 4.96 Å². The van der Waals surface area contributed by atoms with Crippen molar-refractivity contribution in [2.75, 3.05) is 19.7 Å². The zero-order chi connectivity index (χ0) is 13.8. The Balaban J connectivity index is 2.34. The largest absolute Gasteiger partial charge is 0.396 e. The standard InChI is InChI=1S/C12H15N3O3S/c1-2-14(4-3-6-16)10(17)9-8-13-12-15(11(9)18)5-7-19-12/h5,7-8,16H,2-4,6H2,1H3. The van der Waals surface area contributed by atoms with Crippen molar-refractivity contribution >= 4 is 22.2 Å². The van der Waals surface area contributed by atoms with Crippen molar-refractivity contribution < 1.29 is 9.90 Å². The summed E-state index contributed by atoms with van der Waals surface area (Å²) in [7, 11) is 0. The molecule has 2 heterocycles. The van der Waals surface area contributed by atoms with Crippen LogP contribution in [0.1, 0.15) is 23.7 Å². The number of carbonyl (C=O) groups excluding carboxylic acids is 1. The van der Waals surface area contributed by atoms with Crippen LogP contribution < -0.4 is 5.56 Å². The fraction of sp³-hybridized carbons (Fsp3) is 0.417. The number of fused-ring (bicyclic) bond motifs is 1. The molecule has 2 rings (SSSR count). The lowest BCUT2D eigenvalue weighted by Gasteiger charge is -2.19. The molecule has 19 heavy (non-hydrogen) atoms. The molecular formula is C12H15N3O3S. The summed E-state index contributed by atoms with van der Waals surface area (Å²) in [6.07, 6.45) is 3.43. The smallest absolute Gasteiger partial charge is 0.271 e. The summed E-state index contributed by atoms with van der Waals surface area (Å²) in [6, 6.07) is 0. The Labute approximate surface area is 113 Å². The molecule has 0 bridgehead atoms. The van der Waals surface area contributed by atoms with Gasteiger partial charge in [-0.3, -0.25) is 14.0 Å². The highest BCUT2D eigenvalue weighted by Gasteiger charge is 2.19. The first-order valence-electron chi connectivity index (χ1n) is 6.04. The van der Waals surface area contributed by atoms with Crippen LogP contribution in [-0.4, -0.2) is 45.0 Å². The van der Waals surface area contributed by atoms with Crippen molar-refractivity contribution in [2.45, 2.75) is 13.3 Å². The van der Waals surface area contributed by atoms with Crippen LogP contribution >= 0.6 is 11.3 Å². The van der Waals surface area contributed by atoms with E-state index in [2.05, 4.69) is 4.98 Å². The molecule has 0 fully saturated rings. The number of aliphatic hydroxyl groups is 1. The highest BCUT2D eigenvalue weighted by atomic mass is 32.1. The Kier molecular flexibility index (Phi) is 4.28. The predicted molar refractivity (Wildman–Crippen MR) is 72.6 cm³/mol. The molecule has 1 N–H and O–H groups in total. The van der Waals surface area contributed by atoms with Crippen LogP contribution in [0, 0.1) is 0 Å². The maximum Gasteiger partial charge on any atom is 0.271 e. The zero-order valence-electron chi connectivity index (χ0n) is 10.6. The number of amides is 1. The molecule has 0 saturated carbocycles. The Morgan fingerprint density at radius 2 is 2.37 bits per heavy atom. The fourth-order valence-corrected chi connectivity index (χ4v) is 2.48. The summed E-state index contributed by atoms with van der Waals surface area (Å²) in [5, 5.41) is 10.6. The molecule has 0 aliphatic rings. The Bertz CT molecular complexity index is 634. The predicted octanol–water partition coefficient (Wildman–Crippen LogP) is 0.600. The molecule has 0 saturated heterocycles. The molecule has 2 aromatic heterocycles. The van der Waals surface area contributed by atoms with Gasteiger partial charge in [0, 0.05) is 37.5 Å². The normalized spacial score (nSPS) is 10.8. The number of nitrogens with zero attached hydrogens (tertiary/aromatic N) is 3. The molecule has 7 heteroatoms. The average Bonchev–Trinajstić information content (AvgIpc) is 2.89. The van der Waals surface area contributed by atoms with Gasteiger partial charge in [-0.05, 0) is 13.3 Å². The van der Waals surface area contributed by atoms with E-state index in [0.29, 0.717) is 24.5 Å². The van der Waals surface area contributed by atoms with Gasteiger partial charge in [-0.15, -0.1) is 11.3 Å². The number of aliphatic hydroxyl groups excluding tert-OH is 1. The molecule has 102 valence electrons. The number of carbonyl (C=O) groups is 1. The van der Waals surface area contributed by atoms with Crippen LogP contribution in [0.15, 0.2) is 22.6 Å². The Hall–Kier alpha value is -1.73. The van der Waals surface area contributed by atoms with Gasteiger partial charge in [-0.25, -0.2) is 4.98 Å². The Morgan fingerprint density at radius 1 is 1.58 bits per heavy atom. The highest BCUT2D eigenvalue weighted by molar-refractivity contribution is 7.15. The van der Waals surface area contributed by atoms with E-state index in [9.17, 15) is 9.59 Å². The van der Waals surface area contributed by atoms with Crippen molar-refractivity contribution in [3.8, 4) is 0 Å². The molecule has 0 radical (unpaired) electrons. The Morgan fingerprint density at radius 3 is 3.05 bits per heavy atom. The van der Waals surface area contributed by atoms with Crippen LogP contribution in [-0.2, 0) is 0 Å². The van der Waals surface area contributed by atoms with Crippen molar-refractivity contribution in [2.24, 2.45) is 0 Å². The molecule has 0 unspecified atom stereocenters. The molecule has 2 aromatic rings. The quantitative estimate of drug-likeness (QED) is 0.871. The first kappa shape index (κ1) is 13.7. The highest BCUT2D eigenvalue weighted by Crippen LogP contribution is 2.07. The molecule has 0 aliphatic carbocycles. The topological polar surface area (TPSA) is 74.9 Å². The second-order valence-electron chi connectivity index (χ2n) is 3.99. The minimum atomic E-state index is -0.348. The molecule has 0 atom stereocenters. The van der Waals surface area contributed by atoms with E-state index in [1.54, 1.807) is 11.6 Å². The molecule has 0 spiro atoms. The third-order valence-electron chi connectivity index (χ3n) is 2.83.